The first-order valence-corrected chi connectivity index (χ1v) is 9.21. The maximum atomic E-state index is 12.9. The van der Waals surface area contributed by atoms with Crippen molar-refractivity contribution in [2.45, 2.75) is 26.3 Å². The number of amides is 1. The molecule has 3 heterocycles. The van der Waals surface area contributed by atoms with E-state index in [2.05, 4.69) is 5.10 Å². The molecule has 0 radical (unpaired) electrons. The van der Waals surface area contributed by atoms with Gasteiger partial charge in [-0.3, -0.25) is 14.3 Å². The highest BCUT2D eigenvalue weighted by Gasteiger charge is 2.47. The quantitative estimate of drug-likeness (QED) is 0.464. The van der Waals surface area contributed by atoms with Crippen LogP contribution in [0.2, 0.25) is 0 Å². The van der Waals surface area contributed by atoms with E-state index in [1.807, 2.05) is 25.9 Å². The summed E-state index contributed by atoms with van der Waals surface area (Å²) in [7, 11) is 5.67. The van der Waals surface area contributed by atoms with Gasteiger partial charge in [-0.25, -0.2) is 0 Å². The number of furan rings is 1. The average Bonchev–Trinajstić information content (AvgIpc) is 3.29. The lowest BCUT2D eigenvalue weighted by Gasteiger charge is -2.24. The number of aliphatic hydroxyl groups is 1. The number of nitrogens with zero attached hydrogens (tertiary/aromatic N) is 4. The number of Topliss-reactive ketones (excluding diaryl/α,β-unsaturated/α-hetero) is 1. The van der Waals surface area contributed by atoms with E-state index in [0.717, 1.165) is 6.54 Å². The van der Waals surface area contributed by atoms with Gasteiger partial charge in [0.1, 0.15) is 17.6 Å². The second-order valence-corrected chi connectivity index (χ2v) is 7.33. The summed E-state index contributed by atoms with van der Waals surface area (Å²) in [6.45, 7) is 4.73. The number of likely N-dealkylation sites (tertiary alicyclic amines) is 1. The van der Waals surface area contributed by atoms with Crippen LogP contribution in [0.15, 0.2) is 28.4 Å². The van der Waals surface area contributed by atoms with Crippen molar-refractivity contribution < 1.29 is 19.1 Å². The smallest absolute Gasteiger partial charge is 0.295 e. The SMILES string of the molecule is Cc1nn(C)c(C)c1/C(O)=C1\C(=O)C(=O)N(CCCN(C)C)C1c1ccco1. The summed E-state index contributed by atoms with van der Waals surface area (Å²) in [6.07, 6.45) is 2.19. The van der Waals surface area contributed by atoms with Crippen molar-refractivity contribution in [3.05, 3.63) is 46.7 Å². The molecule has 8 nitrogen and oxygen atoms in total. The van der Waals surface area contributed by atoms with Crippen LogP contribution < -0.4 is 0 Å². The monoisotopic (exact) mass is 386 g/mol. The Balaban J connectivity index is 2.10. The summed E-state index contributed by atoms with van der Waals surface area (Å²) < 4.78 is 7.17. The number of aliphatic hydroxyl groups excluding tert-OH is 1. The number of ketones is 1. The van der Waals surface area contributed by atoms with Gasteiger partial charge in [-0.2, -0.15) is 5.10 Å². The molecule has 150 valence electrons. The third kappa shape index (κ3) is 3.35. The van der Waals surface area contributed by atoms with E-state index < -0.39 is 17.7 Å². The van der Waals surface area contributed by atoms with E-state index in [4.69, 9.17) is 4.42 Å². The largest absolute Gasteiger partial charge is 0.507 e. The minimum atomic E-state index is -0.754. The molecule has 1 unspecified atom stereocenters. The lowest BCUT2D eigenvalue weighted by molar-refractivity contribution is -0.140. The van der Waals surface area contributed by atoms with Crippen molar-refractivity contribution in [3.8, 4) is 0 Å². The first kappa shape index (κ1) is 19.9. The van der Waals surface area contributed by atoms with Crippen molar-refractivity contribution in [2.75, 3.05) is 27.2 Å². The molecule has 1 amide bonds. The molecule has 0 saturated carbocycles. The lowest BCUT2D eigenvalue weighted by atomic mass is 9.98. The van der Waals surface area contributed by atoms with E-state index in [1.165, 1.54) is 11.2 Å². The van der Waals surface area contributed by atoms with E-state index >= 15 is 0 Å². The Kier molecular flexibility index (Phi) is 5.42. The molecular formula is C20H26N4O4. The molecule has 0 aromatic carbocycles. The van der Waals surface area contributed by atoms with Gasteiger partial charge in [0.25, 0.3) is 11.7 Å². The molecule has 2 aromatic heterocycles. The molecule has 0 bridgehead atoms. The molecule has 1 aliphatic rings. The van der Waals surface area contributed by atoms with E-state index in [-0.39, 0.29) is 11.3 Å². The van der Waals surface area contributed by atoms with Gasteiger partial charge in [-0.1, -0.05) is 0 Å². The molecule has 2 aromatic rings. The highest BCUT2D eigenvalue weighted by molar-refractivity contribution is 6.46. The number of carbonyl (C=O) groups excluding carboxylic acids is 2. The van der Waals surface area contributed by atoms with Crippen LogP contribution in [0.4, 0.5) is 0 Å². The molecule has 0 spiro atoms. The predicted octanol–water partition coefficient (Wildman–Crippen LogP) is 2.00. The van der Waals surface area contributed by atoms with Gasteiger partial charge < -0.3 is 19.3 Å². The fraction of sp³-hybridized carbons (Fsp3) is 0.450. The van der Waals surface area contributed by atoms with Crippen LogP contribution in [0.3, 0.4) is 0 Å². The third-order valence-corrected chi connectivity index (χ3v) is 5.10. The Labute approximate surface area is 164 Å². The van der Waals surface area contributed by atoms with E-state index in [1.54, 1.807) is 30.8 Å². The number of carbonyl (C=O) groups is 2. The number of aryl methyl sites for hydroxylation is 2. The third-order valence-electron chi connectivity index (χ3n) is 5.10. The average molecular weight is 386 g/mol. The number of aromatic nitrogens is 2. The summed E-state index contributed by atoms with van der Waals surface area (Å²) in [5.74, 6) is -1.09. The van der Waals surface area contributed by atoms with Crippen LogP contribution in [0.25, 0.3) is 5.76 Å². The fourth-order valence-electron chi connectivity index (χ4n) is 3.66. The highest BCUT2D eigenvalue weighted by atomic mass is 16.3. The van der Waals surface area contributed by atoms with E-state index in [0.29, 0.717) is 35.7 Å². The maximum Gasteiger partial charge on any atom is 0.295 e. The molecule has 28 heavy (non-hydrogen) atoms. The highest BCUT2D eigenvalue weighted by Crippen LogP contribution is 2.40. The second kappa shape index (κ2) is 7.63. The zero-order chi connectivity index (χ0) is 20.6. The standard InChI is InChI=1S/C20H26N4O4/c1-12-15(13(2)23(5)21-12)18(25)16-17(14-8-6-11-28-14)24(20(27)19(16)26)10-7-9-22(3)4/h6,8,11,17,25H,7,9-10H2,1-5H3/b18-16+. The van der Waals surface area contributed by atoms with Crippen LogP contribution in [0.5, 0.6) is 0 Å². The number of hydrogen-bond donors (Lipinski definition) is 1. The molecule has 1 aliphatic heterocycles. The topological polar surface area (TPSA) is 91.8 Å². The van der Waals surface area contributed by atoms with Gasteiger partial charge in [0.2, 0.25) is 0 Å². The molecular weight excluding hydrogens is 360 g/mol. The lowest BCUT2D eigenvalue weighted by Crippen LogP contribution is -2.32. The van der Waals surface area contributed by atoms with Gasteiger partial charge in [0.05, 0.1) is 23.1 Å². The zero-order valence-electron chi connectivity index (χ0n) is 16.9. The van der Waals surface area contributed by atoms with Crippen molar-refractivity contribution >= 4 is 17.4 Å². The van der Waals surface area contributed by atoms with Crippen molar-refractivity contribution in [2.24, 2.45) is 7.05 Å². The zero-order valence-corrected chi connectivity index (χ0v) is 16.9. The molecule has 3 rings (SSSR count). The predicted molar refractivity (Wildman–Crippen MR) is 104 cm³/mol. The van der Waals surface area contributed by atoms with Crippen LogP contribution in [0.1, 0.15) is 35.2 Å². The fourth-order valence-corrected chi connectivity index (χ4v) is 3.66. The molecule has 1 atom stereocenters. The summed E-state index contributed by atoms with van der Waals surface area (Å²) in [5, 5.41) is 15.4. The van der Waals surface area contributed by atoms with Gasteiger partial charge in [-0.15, -0.1) is 0 Å². The first-order valence-electron chi connectivity index (χ1n) is 9.21. The Morgan fingerprint density at radius 1 is 1.32 bits per heavy atom. The Bertz CT molecular complexity index is 924. The maximum absolute atomic E-state index is 12.9. The minimum Gasteiger partial charge on any atom is -0.507 e. The summed E-state index contributed by atoms with van der Waals surface area (Å²) in [5.41, 5.74) is 1.83. The minimum absolute atomic E-state index is 0.0454. The Morgan fingerprint density at radius 2 is 2.04 bits per heavy atom. The van der Waals surface area contributed by atoms with Gasteiger partial charge in [0, 0.05) is 19.3 Å². The molecule has 1 fully saturated rings. The van der Waals surface area contributed by atoms with Gasteiger partial charge >= 0.3 is 0 Å². The van der Waals surface area contributed by atoms with Crippen LogP contribution in [-0.4, -0.2) is 63.6 Å². The number of hydrogen-bond acceptors (Lipinski definition) is 6. The van der Waals surface area contributed by atoms with Crippen molar-refractivity contribution in [1.82, 2.24) is 19.6 Å². The number of rotatable bonds is 6. The van der Waals surface area contributed by atoms with Crippen molar-refractivity contribution in [1.29, 1.82) is 0 Å². The normalized spacial score (nSPS) is 19.2. The van der Waals surface area contributed by atoms with Crippen LogP contribution >= 0.6 is 0 Å². The second-order valence-electron chi connectivity index (χ2n) is 7.33. The van der Waals surface area contributed by atoms with Crippen LogP contribution in [0, 0.1) is 13.8 Å². The molecule has 1 N–H and O–H groups in total. The Morgan fingerprint density at radius 3 is 2.57 bits per heavy atom. The molecule has 1 saturated heterocycles. The molecule has 8 heteroatoms. The van der Waals surface area contributed by atoms with E-state index in [9.17, 15) is 14.7 Å². The summed E-state index contributed by atoms with van der Waals surface area (Å²) in [6, 6.07) is 2.66. The Hall–Kier alpha value is -2.87. The van der Waals surface area contributed by atoms with Crippen LogP contribution in [-0.2, 0) is 16.6 Å². The first-order chi connectivity index (χ1) is 13.2. The van der Waals surface area contributed by atoms with Gasteiger partial charge in [0.15, 0.2) is 0 Å². The van der Waals surface area contributed by atoms with Crippen molar-refractivity contribution in [3.63, 3.8) is 0 Å². The van der Waals surface area contributed by atoms with Gasteiger partial charge in [-0.05, 0) is 53.0 Å². The summed E-state index contributed by atoms with van der Waals surface area (Å²) >= 11 is 0. The molecule has 0 aliphatic carbocycles. The summed E-state index contributed by atoms with van der Waals surface area (Å²) in [4.78, 5) is 29.1.